The SMILES string of the molecule is CC(C)(C)C1CCCN1C(=O)OCc1ccccc1. The van der Waals surface area contributed by atoms with Crippen molar-refractivity contribution in [1.29, 1.82) is 0 Å². The molecule has 0 radical (unpaired) electrons. The molecular weight excluding hydrogens is 238 g/mol. The fraction of sp³-hybridized carbons (Fsp3) is 0.562. The van der Waals surface area contributed by atoms with Gasteiger partial charge in [-0.25, -0.2) is 4.79 Å². The van der Waals surface area contributed by atoms with Gasteiger partial charge in [-0.2, -0.15) is 0 Å². The molecule has 3 heteroatoms. The highest BCUT2D eigenvalue weighted by Gasteiger charge is 2.37. The minimum atomic E-state index is -0.179. The molecule has 0 bridgehead atoms. The summed E-state index contributed by atoms with van der Waals surface area (Å²) in [7, 11) is 0. The molecule has 1 unspecified atom stereocenters. The van der Waals surface area contributed by atoms with Crippen molar-refractivity contribution in [1.82, 2.24) is 4.90 Å². The first kappa shape index (κ1) is 13.9. The number of carbonyl (C=O) groups is 1. The Hall–Kier alpha value is -1.51. The van der Waals surface area contributed by atoms with Crippen LogP contribution in [0.5, 0.6) is 0 Å². The number of hydrogen-bond acceptors (Lipinski definition) is 2. The quantitative estimate of drug-likeness (QED) is 0.809. The van der Waals surface area contributed by atoms with Crippen LogP contribution < -0.4 is 0 Å². The van der Waals surface area contributed by atoms with E-state index >= 15 is 0 Å². The van der Waals surface area contributed by atoms with Crippen molar-refractivity contribution in [2.45, 2.75) is 46.3 Å². The van der Waals surface area contributed by atoms with E-state index in [0.717, 1.165) is 24.9 Å². The molecule has 0 N–H and O–H groups in total. The first-order valence-electron chi connectivity index (χ1n) is 6.96. The molecule has 1 aliphatic heterocycles. The summed E-state index contributed by atoms with van der Waals surface area (Å²) in [6.45, 7) is 7.71. The fourth-order valence-electron chi connectivity index (χ4n) is 2.69. The van der Waals surface area contributed by atoms with Crippen molar-refractivity contribution in [2.24, 2.45) is 5.41 Å². The smallest absolute Gasteiger partial charge is 0.410 e. The summed E-state index contributed by atoms with van der Waals surface area (Å²) in [6.07, 6.45) is 1.97. The Balaban J connectivity index is 1.93. The first-order chi connectivity index (χ1) is 8.98. The van der Waals surface area contributed by atoms with E-state index in [-0.39, 0.29) is 17.6 Å². The predicted molar refractivity (Wildman–Crippen MR) is 75.8 cm³/mol. The van der Waals surface area contributed by atoms with Gasteiger partial charge < -0.3 is 9.64 Å². The van der Waals surface area contributed by atoms with Crippen LogP contribution in [0, 0.1) is 5.41 Å². The number of nitrogens with zero attached hydrogens (tertiary/aromatic N) is 1. The molecule has 1 saturated heterocycles. The van der Waals surface area contributed by atoms with Crippen molar-refractivity contribution < 1.29 is 9.53 Å². The van der Waals surface area contributed by atoms with Crippen molar-refractivity contribution in [2.75, 3.05) is 6.54 Å². The van der Waals surface area contributed by atoms with Crippen LogP contribution in [0.1, 0.15) is 39.2 Å². The van der Waals surface area contributed by atoms with E-state index in [1.165, 1.54) is 0 Å². The highest BCUT2D eigenvalue weighted by Crippen LogP contribution is 2.33. The average molecular weight is 261 g/mol. The number of carbonyl (C=O) groups excluding carboxylic acids is 1. The van der Waals surface area contributed by atoms with Gasteiger partial charge in [0.25, 0.3) is 0 Å². The molecule has 1 aromatic rings. The van der Waals surface area contributed by atoms with Gasteiger partial charge in [-0.1, -0.05) is 51.1 Å². The number of amides is 1. The molecule has 2 rings (SSSR count). The van der Waals surface area contributed by atoms with Crippen molar-refractivity contribution in [3.05, 3.63) is 35.9 Å². The predicted octanol–water partition coefficient (Wildman–Crippen LogP) is 3.83. The third-order valence-corrected chi connectivity index (χ3v) is 3.69. The summed E-state index contributed by atoms with van der Waals surface area (Å²) < 4.78 is 5.42. The Morgan fingerprint density at radius 3 is 2.63 bits per heavy atom. The summed E-state index contributed by atoms with van der Waals surface area (Å²) in [4.78, 5) is 14.1. The van der Waals surface area contributed by atoms with Gasteiger partial charge in [0.15, 0.2) is 0 Å². The summed E-state index contributed by atoms with van der Waals surface area (Å²) in [5.74, 6) is 0. The van der Waals surface area contributed by atoms with Crippen molar-refractivity contribution in [3.63, 3.8) is 0 Å². The second kappa shape index (κ2) is 5.64. The van der Waals surface area contributed by atoms with Gasteiger partial charge in [-0.3, -0.25) is 0 Å². The van der Waals surface area contributed by atoms with Crippen LogP contribution >= 0.6 is 0 Å². The maximum atomic E-state index is 12.2. The molecule has 1 fully saturated rings. The summed E-state index contributed by atoms with van der Waals surface area (Å²) >= 11 is 0. The molecule has 3 nitrogen and oxygen atoms in total. The van der Waals surface area contributed by atoms with Crippen LogP contribution in [0.25, 0.3) is 0 Å². The molecule has 104 valence electrons. The monoisotopic (exact) mass is 261 g/mol. The van der Waals surface area contributed by atoms with Crippen LogP contribution in [0.3, 0.4) is 0 Å². The molecule has 1 amide bonds. The lowest BCUT2D eigenvalue weighted by molar-refractivity contribution is 0.0702. The summed E-state index contributed by atoms with van der Waals surface area (Å²) in [5.41, 5.74) is 1.14. The number of ether oxygens (including phenoxy) is 1. The Labute approximate surface area is 115 Å². The molecular formula is C16H23NO2. The largest absolute Gasteiger partial charge is 0.445 e. The van der Waals surface area contributed by atoms with Gasteiger partial charge in [0, 0.05) is 12.6 Å². The van der Waals surface area contributed by atoms with Gasteiger partial charge in [0.05, 0.1) is 0 Å². The molecule has 1 aliphatic rings. The third-order valence-electron chi connectivity index (χ3n) is 3.69. The van der Waals surface area contributed by atoms with Crippen LogP contribution in [0.15, 0.2) is 30.3 Å². The topological polar surface area (TPSA) is 29.5 Å². The second-order valence-corrected chi connectivity index (χ2v) is 6.26. The van der Waals surface area contributed by atoms with E-state index in [9.17, 15) is 4.79 Å². The minimum absolute atomic E-state index is 0.113. The van der Waals surface area contributed by atoms with Crippen LogP contribution in [0.4, 0.5) is 4.79 Å². The van der Waals surface area contributed by atoms with Gasteiger partial charge >= 0.3 is 6.09 Å². The van der Waals surface area contributed by atoms with E-state index in [2.05, 4.69) is 20.8 Å². The third kappa shape index (κ3) is 3.49. The molecule has 19 heavy (non-hydrogen) atoms. The normalized spacial score (nSPS) is 19.5. The lowest BCUT2D eigenvalue weighted by Gasteiger charge is -2.34. The van der Waals surface area contributed by atoms with E-state index in [1.807, 2.05) is 35.2 Å². The van der Waals surface area contributed by atoms with E-state index in [4.69, 9.17) is 4.74 Å². The van der Waals surface area contributed by atoms with Gasteiger partial charge in [0.1, 0.15) is 6.61 Å². The maximum absolute atomic E-state index is 12.2. The molecule has 0 aromatic heterocycles. The van der Waals surface area contributed by atoms with Crippen LogP contribution in [-0.4, -0.2) is 23.6 Å². The standard InChI is InChI=1S/C16H23NO2/c1-16(2,3)14-10-7-11-17(14)15(18)19-12-13-8-5-4-6-9-13/h4-6,8-9,14H,7,10-12H2,1-3H3. The Bertz CT molecular complexity index is 422. The molecule has 0 aliphatic carbocycles. The Morgan fingerprint density at radius 1 is 1.32 bits per heavy atom. The first-order valence-corrected chi connectivity index (χ1v) is 6.96. The number of hydrogen-bond donors (Lipinski definition) is 0. The zero-order valence-electron chi connectivity index (χ0n) is 12.1. The minimum Gasteiger partial charge on any atom is -0.445 e. The fourth-order valence-corrected chi connectivity index (χ4v) is 2.69. The number of likely N-dealkylation sites (tertiary alicyclic amines) is 1. The van der Waals surface area contributed by atoms with Gasteiger partial charge in [-0.05, 0) is 23.8 Å². The molecule has 1 aromatic carbocycles. The van der Waals surface area contributed by atoms with E-state index in [1.54, 1.807) is 0 Å². The molecule has 1 atom stereocenters. The average Bonchev–Trinajstić information content (AvgIpc) is 2.86. The summed E-state index contributed by atoms with van der Waals surface area (Å²) in [6, 6.07) is 10.1. The number of benzene rings is 1. The van der Waals surface area contributed by atoms with Crippen LogP contribution in [-0.2, 0) is 11.3 Å². The zero-order valence-corrected chi connectivity index (χ0v) is 12.1. The zero-order chi connectivity index (χ0) is 13.9. The van der Waals surface area contributed by atoms with Gasteiger partial charge in [0.2, 0.25) is 0 Å². The molecule has 0 saturated carbocycles. The maximum Gasteiger partial charge on any atom is 0.410 e. The van der Waals surface area contributed by atoms with E-state index < -0.39 is 0 Å². The second-order valence-electron chi connectivity index (χ2n) is 6.26. The highest BCUT2D eigenvalue weighted by atomic mass is 16.6. The Morgan fingerprint density at radius 2 is 2.00 bits per heavy atom. The van der Waals surface area contributed by atoms with Crippen LogP contribution in [0.2, 0.25) is 0 Å². The lowest BCUT2D eigenvalue weighted by Crippen LogP contribution is -2.43. The number of rotatable bonds is 2. The molecule has 1 heterocycles. The highest BCUT2D eigenvalue weighted by molar-refractivity contribution is 5.68. The van der Waals surface area contributed by atoms with Gasteiger partial charge in [-0.15, -0.1) is 0 Å². The molecule has 0 spiro atoms. The lowest BCUT2D eigenvalue weighted by atomic mass is 9.85. The Kier molecular flexibility index (Phi) is 4.13. The van der Waals surface area contributed by atoms with E-state index in [0.29, 0.717) is 6.61 Å². The van der Waals surface area contributed by atoms with Crippen molar-refractivity contribution in [3.8, 4) is 0 Å². The summed E-state index contributed by atoms with van der Waals surface area (Å²) in [5, 5.41) is 0. The van der Waals surface area contributed by atoms with Crippen molar-refractivity contribution >= 4 is 6.09 Å².